The van der Waals surface area contributed by atoms with E-state index in [9.17, 15) is 0 Å². The van der Waals surface area contributed by atoms with E-state index in [4.69, 9.17) is 28.4 Å². The van der Waals surface area contributed by atoms with E-state index >= 15 is 0 Å². The van der Waals surface area contributed by atoms with Crippen LogP contribution in [0, 0.1) is 6.92 Å². The van der Waals surface area contributed by atoms with Crippen LogP contribution >= 0.6 is 0 Å². The summed E-state index contributed by atoms with van der Waals surface area (Å²) in [5.74, 6) is 3.36. The Bertz CT molecular complexity index is 1550. The predicted molar refractivity (Wildman–Crippen MR) is 145 cm³/mol. The molecule has 39 heavy (non-hydrogen) atoms. The lowest BCUT2D eigenvalue weighted by molar-refractivity contribution is 0.263. The second-order valence-electron chi connectivity index (χ2n) is 9.71. The van der Waals surface area contributed by atoms with Gasteiger partial charge in [0.05, 0.1) is 13.2 Å². The van der Waals surface area contributed by atoms with E-state index in [-0.39, 0.29) is 18.2 Å². The fraction of sp³-hybridized carbons (Fsp3) is 0.226. The molecule has 0 radical (unpaired) electrons. The van der Waals surface area contributed by atoms with Crippen molar-refractivity contribution in [2.75, 3.05) is 26.4 Å². The van der Waals surface area contributed by atoms with Gasteiger partial charge in [-0.1, -0.05) is 24.3 Å². The number of hydrogen-bond donors (Lipinski definition) is 0. The quantitative estimate of drug-likeness (QED) is 0.200. The molecule has 5 aromatic rings. The molecular formula is C31H26N2O6. The van der Waals surface area contributed by atoms with Crippen molar-refractivity contribution in [3.8, 4) is 34.9 Å². The average molecular weight is 523 g/mol. The minimum absolute atomic E-state index is 0.218. The van der Waals surface area contributed by atoms with Gasteiger partial charge in [-0.05, 0) is 77.0 Å². The molecule has 2 fully saturated rings. The molecule has 0 spiro atoms. The van der Waals surface area contributed by atoms with Gasteiger partial charge >= 0.3 is 6.01 Å². The Kier molecular flexibility index (Phi) is 6.11. The lowest BCUT2D eigenvalue weighted by Crippen LogP contribution is -2.03. The summed E-state index contributed by atoms with van der Waals surface area (Å²) in [6.07, 6.45) is 0.450. The molecule has 2 aliphatic heterocycles. The topological polar surface area (TPSA) is 87.8 Å². The fourth-order valence-electron chi connectivity index (χ4n) is 4.25. The third kappa shape index (κ3) is 5.87. The van der Waals surface area contributed by atoms with Gasteiger partial charge in [-0.25, -0.2) is 0 Å². The highest BCUT2D eigenvalue weighted by Crippen LogP contribution is 2.31. The Hall–Kier alpha value is -4.40. The summed E-state index contributed by atoms with van der Waals surface area (Å²) in [5.41, 5.74) is 0.736. The zero-order valence-electron chi connectivity index (χ0n) is 21.3. The lowest BCUT2D eigenvalue weighted by Gasteiger charge is -2.11. The highest BCUT2D eigenvalue weighted by atomic mass is 16.6. The van der Waals surface area contributed by atoms with Crippen LogP contribution in [0.1, 0.15) is 5.69 Å². The number of epoxide rings is 2. The second-order valence-corrected chi connectivity index (χ2v) is 9.71. The first-order valence-corrected chi connectivity index (χ1v) is 12.9. The van der Waals surface area contributed by atoms with Crippen LogP contribution in [-0.4, -0.2) is 48.6 Å². The fourth-order valence-corrected chi connectivity index (χ4v) is 4.25. The molecule has 0 amide bonds. The van der Waals surface area contributed by atoms with Gasteiger partial charge in [0, 0.05) is 11.8 Å². The van der Waals surface area contributed by atoms with Gasteiger partial charge < -0.3 is 28.4 Å². The number of aromatic nitrogens is 2. The first-order valence-electron chi connectivity index (χ1n) is 12.9. The number of benzene rings is 4. The maximum absolute atomic E-state index is 6.09. The standard InChI is InChI=1S/C31H26N2O6/c1-19-10-30(38-26-8-4-20-11-24(6-2-22(20)13-26)34-15-28-17-36-28)33-31(32-19)39-27-9-5-21-12-25(7-3-23(21)14-27)35-16-29-18-37-29/h2-14,28-29H,15-18H2,1H3. The van der Waals surface area contributed by atoms with Gasteiger partial charge in [0.15, 0.2) is 0 Å². The van der Waals surface area contributed by atoms with E-state index in [1.165, 1.54) is 0 Å². The zero-order chi connectivity index (χ0) is 26.2. The van der Waals surface area contributed by atoms with Crippen LogP contribution in [0.25, 0.3) is 21.5 Å². The maximum Gasteiger partial charge on any atom is 0.325 e. The van der Waals surface area contributed by atoms with Crippen LogP contribution in [0.15, 0.2) is 78.9 Å². The predicted octanol–water partition coefficient (Wildman–Crippen LogP) is 6.23. The average Bonchev–Trinajstić information content (AvgIpc) is 3.86. The molecule has 2 aliphatic rings. The molecule has 0 saturated carbocycles. The van der Waals surface area contributed by atoms with E-state index < -0.39 is 0 Å². The molecule has 0 aliphatic carbocycles. The number of rotatable bonds is 10. The van der Waals surface area contributed by atoms with Gasteiger partial charge in [0.1, 0.15) is 48.4 Å². The number of hydrogen-bond acceptors (Lipinski definition) is 8. The van der Waals surface area contributed by atoms with Crippen molar-refractivity contribution in [1.82, 2.24) is 9.97 Å². The highest BCUT2D eigenvalue weighted by molar-refractivity contribution is 5.86. The van der Waals surface area contributed by atoms with Crippen LogP contribution in [0.5, 0.6) is 34.9 Å². The summed E-state index contributed by atoms with van der Waals surface area (Å²) in [6, 6.07) is 25.7. The summed E-state index contributed by atoms with van der Waals surface area (Å²) in [4.78, 5) is 8.92. The minimum Gasteiger partial charge on any atom is -0.491 e. The molecule has 8 nitrogen and oxygen atoms in total. The minimum atomic E-state index is 0.218. The molecule has 2 unspecified atom stereocenters. The third-order valence-corrected chi connectivity index (χ3v) is 6.48. The van der Waals surface area contributed by atoms with Crippen molar-refractivity contribution in [2.45, 2.75) is 19.1 Å². The van der Waals surface area contributed by atoms with Crippen molar-refractivity contribution in [3.05, 3.63) is 84.6 Å². The molecule has 196 valence electrons. The van der Waals surface area contributed by atoms with E-state index in [1.807, 2.05) is 79.7 Å². The summed E-state index contributed by atoms with van der Waals surface area (Å²) >= 11 is 0. The van der Waals surface area contributed by atoms with Crippen molar-refractivity contribution in [2.24, 2.45) is 0 Å². The smallest absolute Gasteiger partial charge is 0.325 e. The molecule has 0 bridgehead atoms. The van der Waals surface area contributed by atoms with Crippen molar-refractivity contribution in [3.63, 3.8) is 0 Å². The van der Waals surface area contributed by atoms with Gasteiger partial charge in [-0.15, -0.1) is 0 Å². The summed E-state index contributed by atoms with van der Waals surface area (Å²) < 4.78 is 34.1. The summed E-state index contributed by atoms with van der Waals surface area (Å²) in [6.45, 7) is 4.59. The highest BCUT2D eigenvalue weighted by Gasteiger charge is 2.23. The van der Waals surface area contributed by atoms with Gasteiger partial charge in [0.2, 0.25) is 5.88 Å². The van der Waals surface area contributed by atoms with Crippen LogP contribution in [-0.2, 0) is 9.47 Å². The van der Waals surface area contributed by atoms with Crippen molar-refractivity contribution < 1.29 is 28.4 Å². The lowest BCUT2D eigenvalue weighted by atomic mass is 10.1. The third-order valence-electron chi connectivity index (χ3n) is 6.48. The molecule has 4 aromatic carbocycles. The first-order chi connectivity index (χ1) is 19.1. The van der Waals surface area contributed by atoms with Gasteiger partial charge in [-0.2, -0.15) is 9.97 Å². The molecular weight excluding hydrogens is 496 g/mol. The van der Waals surface area contributed by atoms with Crippen LogP contribution in [0.3, 0.4) is 0 Å². The second kappa shape index (κ2) is 10.1. The van der Waals surface area contributed by atoms with E-state index in [2.05, 4.69) is 9.97 Å². The monoisotopic (exact) mass is 522 g/mol. The van der Waals surface area contributed by atoms with Gasteiger partial charge in [-0.3, -0.25) is 0 Å². The number of ether oxygens (including phenoxy) is 6. The zero-order valence-corrected chi connectivity index (χ0v) is 21.3. The molecule has 2 saturated heterocycles. The molecule has 2 atom stereocenters. The van der Waals surface area contributed by atoms with E-state index in [1.54, 1.807) is 6.07 Å². The number of nitrogens with zero attached hydrogens (tertiary/aromatic N) is 2. The van der Waals surface area contributed by atoms with Crippen LogP contribution in [0.4, 0.5) is 0 Å². The Morgan fingerprint density at radius 1 is 0.615 bits per heavy atom. The summed E-state index contributed by atoms with van der Waals surface area (Å²) in [7, 11) is 0. The van der Waals surface area contributed by atoms with E-state index in [0.29, 0.717) is 30.6 Å². The van der Waals surface area contributed by atoms with Crippen molar-refractivity contribution in [1.29, 1.82) is 0 Å². The molecule has 1 aromatic heterocycles. The van der Waals surface area contributed by atoms with Crippen LogP contribution in [0.2, 0.25) is 0 Å². The Morgan fingerprint density at radius 3 is 1.59 bits per heavy atom. The number of aryl methyl sites for hydroxylation is 1. The molecule has 0 N–H and O–H groups in total. The largest absolute Gasteiger partial charge is 0.491 e. The van der Waals surface area contributed by atoms with Crippen LogP contribution < -0.4 is 18.9 Å². The summed E-state index contributed by atoms with van der Waals surface area (Å²) in [5, 5.41) is 4.18. The molecule has 3 heterocycles. The van der Waals surface area contributed by atoms with Gasteiger partial charge in [0.25, 0.3) is 0 Å². The SMILES string of the molecule is Cc1cc(Oc2ccc3cc(OCC4CO4)ccc3c2)nc(Oc2ccc3cc(OCC4CO4)ccc3c2)n1. The maximum atomic E-state index is 6.09. The first kappa shape index (κ1) is 23.7. The molecule has 8 heteroatoms. The molecule has 7 rings (SSSR count). The Balaban J connectivity index is 1.05. The number of fused-ring (bicyclic) bond motifs is 2. The van der Waals surface area contributed by atoms with Crippen molar-refractivity contribution >= 4 is 21.5 Å². The normalized spacial score (nSPS) is 17.7. The Labute approximate surface area is 225 Å². The Morgan fingerprint density at radius 2 is 1.08 bits per heavy atom. The van der Waals surface area contributed by atoms with E-state index in [0.717, 1.165) is 52.0 Å².